The van der Waals surface area contributed by atoms with Crippen molar-refractivity contribution < 1.29 is 0 Å². The fraction of sp³-hybridized carbons (Fsp3) is 0.0370. The Bertz CT molecular complexity index is 984. The highest BCUT2D eigenvalue weighted by molar-refractivity contribution is 9.10. The fourth-order valence-electron chi connectivity index (χ4n) is 3.46. The molecule has 0 aliphatic carbocycles. The maximum atomic E-state index is 3.57. The van der Waals surface area contributed by atoms with Gasteiger partial charge < -0.3 is 0 Å². The summed E-state index contributed by atoms with van der Waals surface area (Å²) in [5.41, 5.74) is 8.60. The minimum atomic E-state index is 1.08. The highest BCUT2D eigenvalue weighted by Crippen LogP contribution is 2.37. The summed E-state index contributed by atoms with van der Waals surface area (Å²) in [5.74, 6) is 0. The normalized spacial score (nSPS) is 11.8. The summed E-state index contributed by atoms with van der Waals surface area (Å²) in [6.07, 6.45) is 0. The quantitative estimate of drug-likeness (QED) is 0.293. The molecule has 0 saturated carbocycles. The van der Waals surface area contributed by atoms with Gasteiger partial charge in [-0.2, -0.15) is 0 Å². The van der Waals surface area contributed by atoms with Gasteiger partial charge in [-0.25, -0.2) is 0 Å². The zero-order valence-corrected chi connectivity index (χ0v) is 17.4. The highest BCUT2D eigenvalue weighted by atomic mass is 79.9. The Labute approximate surface area is 175 Å². The van der Waals surface area contributed by atoms with Crippen LogP contribution in [-0.4, -0.2) is 0 Å². The zero-order valence-electron chi connectivity index (χ0n) is 15.8. The lowest BCUT2D eigenvalue weighted by atomic mass is 9.85. The molecule has 0 atom stereocenters. The molecule has 0 nitrogen and oxygen atoms in total. The van der Waals surface area contributed by atoms with E-state index in [0.717, 1.165) is 4.47 Å². The fourth-order valence-corrected chi connectivity index (χ4v) is 3.72. The Morgan fingerprint density at radius 3 is 1.25 bits per heavy atom. The lowest BCUT2D eigenvalue weighted by Gasteiger charge is -2.18. The average Bonchev–Trinajstić information content (AvgIpc) is 2.75. The monoisotopic (exact) mass is 424 g/mol. The van der Waals surface area contributed by atoms with E-state index in [1.165, 1.54) is 39.0 Å². The maximum Gasteiger partial charge on any atom is 0.0175 e. The van der Waals surface area contributed by atoms with Crippen LogP contribution in [-0.2, 0) is 0 Å². The van der Waals surface area contributed by atoms with Crippen molar-refractivity contribution in [3.63, 3.8) is 0 Å². The lowest BCUT2D eigenvalue weighted by molar-refractivity contribution is 1.44. The third kappa shape index (κ3) is 4.00. The van der Waals surface area contributed by atoms with Crippen LogP contribution in [0.4, 0.5) is 0 Å². The first-order valence-corrected chi connectivity index (χ1v) is 10.2. The average molecular weight is 425 g/mol. The second-order valence-corrected chi connectivity index (χ2v) is 7.77. The Morgan fingerprint density at radius 1 is 0.464 bits per heavy atom. The molecule has 4 aromatic carbocycles. The summed E-state index contributed by atoms with van der Waals surface area (Å²) < 4.78 is 1.08. The molecule has 4 aromatic rings. The van der Waals surface area contributed by atoms with Gasteiger partial charge in [0.2, 0.25) is 0 Å². The van der Waals surface area contributed by atoms with Crippen LogP contribution in [0.15, 0.2) is 114 Å². The minimum Gasteiger partial charge on any atom is -0.0622 e. The molecular weight excluding hydrogens is 404 g/mol. The topological polar surface area (TPSA) is 0 Å². The number of hydrogen-bond acceptors (Lipinski definition) is 0. The first kappa shape index (κ1) is 18.5. The molecule has 4 rings (SSSR count). The summed E-state index contributed by atoms with van der Waals surface area (Å²) in [4.78, 5) is 0. The van der Waals surface area contributed by atoms with E-state index in [-0.39, 0.29) is 0 Å². The SMILES string of the molecule is Cc1ccc(C(=C(c2ccccc2)c2ccc(Br)cc2)c2ccccc2)cc1. The van der Waals surface area contributed by atoms with Gasteiger partial charge in [-0.1, -0.05) is 119 Å². The summed E-state index contributed by atoms with van der Waals surface area (Å²) >= 11 is 3.57. The van der Waals surface area contributed by atoms with Gasteiger partial charge in [-0.15, -0.1) is 0 Å². The zero-order chi connectivity index (χ0) is 19.3. The van der Waals surface area contributed by atoms with Gasteiger partial charge in [0.05, 0.1) is 0 Å². The molecular formula is C27H21Br. The standard InChI is InChI=1S/C27H21Br/c1-20-12-14-23(15-13-20)26(21-8-4-2-5-9-21)27(22-10-6-3-7-11-22)24-16-18-25(28)19-17-24/h2-19H,1H3. The van der Waals surface area contributed by atoms with E-state index in [0.29, 0.717) is 0 Å². The van der Waals surface area contributed by atoms with Gasteiger partial charge in [0.15, 0.2) is 0 Å². The van der Waals surface area contributed by atoms with Gasteiger partial charge in [-0.3, -0.25) is 0 Å². The van der Waals surface area contributed by atoms with Crippen LogP contribution >= 0.6 is 15.9 Å². The maximum absolute atomic E-state index is 3.57. The molecule has 0 unspecified atom stereocenters. The predicted octanol–water partition coefficient (Wildman–Crippen LogP) is 7.76. The van der Waals surface area contributed by atoms with E-state index in [1.807, 2.05) is 0 Å². The molecule has 0 radical (unpaired) electrons. The van der Waals surface area contributed by atoms with Crippen molar-refractivity contribution in [2.75, 3.05) is 0 Å². The third-order valence-electron chi connectivity index (χ3n) is 4.85. The molecule has 0 heterocycles. The van der Waals surface area contributed by atoms with Crippen LogP contribution in [0.5, 0.6) is 0 Å². The van der Waals surface area contributed by atoms with E-state index in [2.05, 4.69) is 132 Å². The lowest BCUT2D eigenvalue weighted by Crippen LogP contribution is -1.97. The Morgan fingerprint density at radius 2 is 0.821 bits per heavy atom. The van der Waals surface area contributed by atoms with Gasteiger partial charge in [0.25, 0.3) is 0 Å². The van der Waals surface area contributed by atoms with Crippen molar-refractivity contribution in [1.82, 2.24) is 0 Å². The first-order valence-electron chi connectivity index (χ1n) is 9.40. The van der Waals surface area contributed by atoms with Crippen molar-refractivity contribution >= 4 is 27.1 Å². The first-order chi connectivity index (χ1) is 13.7. The van der Waals surface area contributed by atoms with Crippen molar-refractivity contribution in [1.29, 1.82) is 0 Å². The molecule has 0 spiro atoms. The number of rotatable bonds is 4. The van der Waals surface area contributed by atoms with Gasteiger partial charge in [0.1, 0.15) is 0 Å². The van der Waals surface area contributed by atoms with Gasteiger partial charge >= 0.3 is 0 Å². The van der Waals surface area contributed by atoms with Crippen LogP contribution in [0.25, 0.3) is 11.1 Å². The van der Waals surface area contributed by atoms with Crippen LogP contribution in [0.3, 0.4) is 0 Å². The van der Waals surface area contributed by atoms with Crippen molar-refractivity contribution in [3.05, 3.63) is 141 Å². The molecule has 0 saturated heterocycles. The predicted molar refractivity (Wildman–Crippen MR) is 123 cm³/mol. The Kier molecular flexibility index (Phi) is 5.55. The van der Waals surface area contributed by atoms with E-state index < -0.39 is 0 Å². The minimum absolute atomic E-state index is 1.08. The van der Waals surface area contributed by atoms with Gasteiger partial charge in [-0.05, 0) is 52.5 Å². The number of benzene rings is 4. The molecule has 0 aromatic heterocycles. The van der Waals surface area contributed by atoms with Crippen molar-refractivity contribution in [2.45, 2.75) is 6.92 Å². The molecule has 0 aliphatic rings. The third-order valence-corrected chi connectivity index (χ3v) is 5.38. The molecule has 28 heavy (non-hydrogen) atoms. The van der Waals surface area contributed by atoms with E-state index in [4.69, 9.17) is 0 Å². The van der Waals surface area contributed by atoms with Crippen LogP contribution in [0.1, 0.15) is 27.8 Å². The van der Waals surface area contributed by atoms with Gasteiger partial charge in [0, 0.05) is 4.47 Å². The van der Waals surface area contributed by atoms with Crippen LogP contribution in [0.2, 0.25) is 0 Å². The van der Waals surface area contributed by atoms with Crippen molar-refractivity contribution in [3.8, 4) is 0 Å². The number of hydrogen-bond donors (Lipinski definition) is 0. The molecule has 0 aliphatic heterocycles. The second kappa shape index (κ2) is 8.41. The van der Waals surface area contributed by atoms with E-state index in [1.54, 1.807) is 0 Å². The van der Waals surface area contributed by atoms with E-state index in [9.17, 15) is 0 Å². The molecule has 1 heteroatoms. The van der Waals surface area contributed by atoms with Crippen LogP contribution < -0.4 is 0 Å². The Balaban J connectivity index is 2.08. The molecule has 0 N–H and O–H groups in total. The van der Waals surface area contributed by atoms with E-state index >= 15 is 0 Å². The highest BCUT2D eigenvalue weighted by Gasteiger charge is 2.15. The number of halogens is 1. The van der Waals surface area contributed by atoms with Crippen molar-refractivity contribution in [2.24, 2.45) is 0 Å². The smallest absolute Gasteiger partial charge is 0.0175 e. The molecule has 0 fully saturated rings. The summed E-state index contributed by atoms with van der Waals surface area (Å²) in [5, 5.41) is 0. The van der Waals surface area contributed by atoms with Crippen LogP contribution in [0, 0.1) is 6.92 Å². The summed E-state index contributed by atoms with van der Waals surface area (Å²) in [7, 11) is 0. The molecule has 0 amide bonds. The Hall–Kier alpha value is -2.90. The summed E-state index contributed by atoms with van der Waals surface area (Å²) in [6.45, 7) is 2.13. The number of aryl methyl sites for hydroxylation is 1. The second-order valence-electron chi connectivity index (χ2n) is 6.85. The largest absolute Gasteiger partial charge is 0.0622 e. The summed E-state index contributed by atoms with van der Waals surface area (Å²) in [6, 6.07) is 38.7. The molecule has 0 bridgehead atoms. The molecule has 136 valence electrons.